The third-order valence-electron chi connectivity index (χ3n) is 9.14. The summed E-state index contributed by atoms with van der Waals surface area (Å²) < 4.78 is 11.0. The summed E-state index contributed by atoms with van der Waals surface area (Å²) >= 11 is 0. The van der Waals surface area contributed by atoms with Gasteiger partial charge in [0.1, 0.15) is 6.61 Å². The average Bonchev–Trinajstić information content (AvgIpc) is 3.38. The summed E-state index contributed by atoms with van der Waals surface area (Å²) in [4.78, 5) is 38.8. The fourth-order valence-electron chi connectivity index (χ4n) is 6.13. The van der Waals surface area contributed by atoms with Crippen molar-refractivity contribution in [1.29, 1.82) is 0 Å². The van der Waals surface area contributed by atoms with Gasteiger partial charge < -0.3 is 14.4 Å². The second-order valence-corrected chi connectivity index (χ2v) is 13.4. The molecule has 0 aromatic rings. The number of imide groups is 1. The molecule has 0 radical (unpaired) electrons. The van der Waals surface area contributed by atoms with E-state index in [1.54, 1.807) is 0 Å². The molecular weight excluding hydrogens is 576 g/mol. The van der Waals surface area contributed by atoms with Crippen molar-refractivity contribution >= 4 is 17.8 Å². The molecule has 0 saturated carbocycles. The molecule has 0 saturated heterocycles. The van der Waals surface area contributed by atoms with Crippen molar-refractivity contribution < 1.29 is 23.9 Å². The van der Waals surface area contributed by atoms with Gasteiger partial charge in [0.05, 0.1) is 19.6 Å². The van der Waals surface area contributed by atoms with Gasteiger partial charge in [0.25, 0.3) is 11.8 Å². The summed E-state index contributed by atoms with van der Waals surface area (Å²) in [6.45, 7) is 8.99. The van der Waals surface area contributed by atoms with Crippen LogP contribution in [0.25, 0.3) is 0 Å². The van der Waals surface area contributed by atoms with Crippen molar-refractivity contribution in [2.75, 3.05) is 46.0 Å². The Labute approximate surface area is 283 Å². The van der Waals surface area contributed by atoms with Crippen molar-refractivity contribution in [3.63, 3.8) is 0 Å². The Morgan fingerprint density at radius 3 is 1.35 bits per heavy atom. The van der Waals surface area contributed by atoms with Gasteiger partial charge in [0, 0.05) is 25.2 Å². The minimum absolute atomic E-state index is 0.00499. The van der Waals surface area contributed by atoms with Crippen molar-refractivity contribution in [1.82, 2.24) is 9.80 Å². The van der Waals surface area contributed by atoms with Crippen molar-refractivity contribution in [3.8, 4) is 0 Å². The number of hydrogen-bond acceptors (Lipinski definition) is 6. The van der Waals surface area contributed by atoms with Gasteiger partial charge >= 0.3 is 5.97 Å². The molecule has 268 valence electrons. The Morgan fingerprint density at radius 1 is 0.543 bits per heavy atom. The first-order chi connectivity index (χ1) is 22.6. The highest BCUT2D eigenvalue weighted by Gasteiger charge is 2.23. The van der Waals surface area contributed by atoms with Crippen LogP contribution < -0.4 is 0 Å². The molecule has 7 nitrogen and oxygen atoms in total. The highest BCUT2D eigenvalue weighted by atomic mass is 16.6. The molecule has 46 heavy (non-hydrogen) atoms. The van der Waals surface area contributed by atoms with E-state index in [4.69, 9.17) is 9.47 Å². The lowest BCUT2D eigenvalue weighted by Crippen LogP contribution is -2.32. The second kappa shape index (κ2) is 31.8. The number of carbonyl (C=O) groups is 3. The molecule has 0 aromatic heterocycles. The molecule has 0 aromatic carbocycles. The molecule has 0 aliphatic carbocycles. The molecule has 7 heteroatoms. The van der Waals surface area contributed by atoms with E-state index in [0.29, 0.717) is 13.2 Å². The topological polar surface area (TPSA) is 76.2 Å². The first kappa shape index (κ1) is 42.3. The molecule has 0 atom stereocenters. The normalized spacial score (nSPS) is 13.1. The van der Waals surface area contributed by atoms with Crippen LogP contribution in [0.5, 0.6) is 0 Å². The van der Waals surface area contributed by atoms with Gasteiger partial charge in [0.15, 0.2) is 0 Å². The van der Waals surface area contributed by atoms with Crippen LogP contribution in [0.4, 0.5) is 0 Å². The summed E-state index contributed by atoms with van der Waals surface area (Å²) in [7, 11) is 0. The maximum absolute atomic E-state index is 12.0. The van der Waals surface area contributed by atoms with E-state index in [0.717, 1.165) is 24.5 Å². The molecule has 0 spiro atoms. The zero-order valence-electron chi connectivity index (χ0n) is 30.2. The lowest BCUT2D eigenvalue weighted by Gasteiger charge is -2.22. The minimum Gasteiger partial charge on any atom is -0.463 e. The Hall–Kier alpha value is -1.73. The number of nitrogens with zero attached hydrogens (tertiary/aromatic N) is 2. The van der Waals surface area contributed by atoms with Crippen LogP contribution in [-0.4, -0.2) is 73.6 Å². The Balaban J connectivity index is 2.16. The zero-order chi connectivity index (χ0) is 33.3. The minimum atomic E-state index is -0.420. The molecule has 0 unspecified atom stereocenters. The van der Waals surface area contributed by atoms with Gasteiger partial charge in [-0.2, -0.15) is 0 Å². The number of amides is 2. The summed E-state index contributed by atoms with van der Waals surface area (Å²) in [5.74, 6) is -1.17. The molecule has 1 aliphatic heterocycles. The second-order valence-electron chi connectivity index (χ2n) is 13.4. The van der Waals surface area contributed by atoms with Gasteiger partial charge in [-0.05, 0) is 25.9 Å². The maximum Gasteiger partial charge on any atom is 0.307 e. The lowest BCUT2D eigenvalue weighted by molar-refractivity contribution is -0.146. The highest BCUT2D eigenvalue weighted by molar-refractivity contribution is 6.12. The van der Waals surface area contributed by atoms with Crippen LogP contribution in [0.15, 0.2) is 12.2 Å². The predicted molar refractivity (Wildman–Crippen MR) is 191 cm³/mol. The standard InChI is InChI=1S/C39H72N2O5/c1-3-5-7-9-11-13-15-17-19-21-23-25-30-40(31-26-24-22-20-18-16-14-12-10-8-6-4-2)33-34-45-35-36-46-39(44)29-32-41-37(42)27-28-38(41)43/h27-28H,3-26,29-36H2,1-2H3. The highest BCUT2D eigenvalue weighted by Crippen LogP contribution is 2.14. The number of rotatable bonds is 35. The van der Waals surface area contributed by atoms with Crippen LogP contribution in [0, 0.1) is 0 Å². The lowest BCUT2D eigenvalue weighted by atomic mass is 10.0. The maximum atomic E-state index is 12.0. The van der Waals surface area contributed by atoms with Crippen LogP contribution in [-0.2, 0) is 23.9 Å². The predicted octanol–water partition coefficient (Wildman–Crippen LogP) is 9.57. The van der Waals surface area contributed by atoms with Crippen LogP contribution in [0.1, 0.15) is 174 Å². The van der Waals surface area contributed by atoms with E-state index in [1.165, 1.54) is 166 Å². The average molecular weight is 649 g/mol. The number of ether oxygens (including phenoxy) is 2. The summed E-state index contributed by atoms with van der Waals surface area (Å²) in [5, 5.41) is 0. The molecule has 2 amide bonds. The third kappa shape index (κ3) is 25.4. The van der Waals surface area contributed by atoms with Gasteiger partial charge in [-0.3, -0.25) is 19.3 Å². The van der Waals surface area contributed by atoms with E-state index in [1.807, 2.05) is 0 Å². The summed E-state index contributed by atoms with van der Waals surface area (Å²) in [6.07, 6.45) is 35.4. The third-order valence-corrected chi connectivity index (χ3v) is 9.14. The molecule has 1 heterocycles. The van der Waals surface area contributed by atoms with Crippen molar-refractivity contribution in [3.05, 3.63) is 12.2 Å². The SMILES string of the molecule is CCCCCCCCCCCCCCN(CCCCCCCCCCCCCC)CCOCCOC(=O)CCN1C(=O)C=CC1=O. The first-order valence-electron chi connectivity index (χ1n) is 19.6. The van der Waals surface area contributed by atoms with Crippen LogP contribution >= 0.6 is 0 Å². The van der Waals surface area contributed by atoms with Crippen molar-refractivity contribution in [2.24, 2.45) is 0 Å². The van der Waals surface area contributed by atoms with Gasteiger partial charge in [-0.1, -0.05) is 155 Å². The number of unbranched alkanes of at least 4 members (excludes halogenated alkanes) is 22. The molecule has 1 aliphatic rings. The zero-order valence-corrected chi connectivity index (χ0v) is 30.2. The number of carbonyl (C=O) groups excluding carboxylic acids is 3. The van der Waals surface area contributed by atoms with E-state index in [2.05, 4.69) is 18.7 Å². The van der Waals surface area contributed by atoms with Gasteiger partial charge in [0.2, 0.25) is 0 Å². The van der Waals surface area contributed by atoms with Crippen LogP contribution in [0.3, 0.4) is 0 Å². The number of esters is 1. The first-order valence-corrected chi connectivity index (χ1v) is 19.6. The molecule has 1 rings (SSSR count). The Morgan fingerprint density at radius 2 is 0.935 bits per heavy atom. The van der Waals surface area contributed by atoms with E-state index in [9.17, 15) is 14.4 Å². The largest absolute Gasteiger partial charge is 0.463 e. The quantitative estimate of drug-likeness (QED) is 0.0387. The van der Waals surface area contributed by atoms with E-state index in [-0.39, 0.29) is 31.4 Å². The fourth-order valence-corrected chi connectivity index (χ4v) is 6.13. The smallest absolute Gasteiger partial charge is 0.307 e. The molecule has 0 bridgehead atoms. The summed E-state index contributed by atoms with van der Waals surface area (Å²) in [5.41, 5.74) is 0. The molecule has 0 N–H and O–H groups in total. The van der Waals surface area contributed by atoms with E-state index >= 15 is 0 Å². The van der Waals surface area contributed by atoms with Crippen LogP contribution in [0.2, 0.25) is 0 Å². The number of hydrogen-bond donors (Lipinski definition) is 0. The van der Waals surface area contributed by atoms with Gasteiger partial charge in [-0.15, -0.1) is 0 Å². The molecular formula is C39H72N2O5. The van der Waals surface area contributed by atoms with Gasteiger partial charge in [-0.25, -0.2) is 0 Å². The fraction of sp³-hybridized carbons (Fsp3) is 0.872. The van der Waals surface area contributed by atoms with Crippen molar-refractivity contribution in [2.45, 2.75) is 174 Å². The molecule has 0 fully saturated rings. The monoisotopic (exact) mass is 649 g/mol. The Kier molecular flexibility index (Phi) is 29.3. The summed E-state index contributed by atoms with van der Waals surface area (Å²) in [6, 6.07) is 0. The van der Waals surface area contributed by atoms with E-state index < -0.39 is 5.97 Å². The Bertz CT molecular complexity index is 725.